The lowest BCUT2D eigenvalue weighted by atomic mass is 10.1. The molecule has 0 radical (unpaired) electrons. The molecule has 0 spiro atoms. The van der Waals surface area contributed by atoms with Crippen LogP contribution in [0.15, 0.2) is 81.7 Å². The van der Waals surface area contributed by atoms with Crippen molar-refractivity contribution < 1.29 is 18.3 Å². The highest BCUT2D eigenvalue weighted by molar-refractivity contribution is 9.10. The second kappa shape index (κ2) is 9.44. The van der Waals surface area contributed by atoms with Gasteiger partial charge in [0.15, 0.2) is 10.7 Å². The number of aromatic nitrogens is 1. The van der Waals surface area contributed by atoms with Gasteiger partial charge in [-0.3, -0.25) is 10.1 Å². The van der Waals surface area contributed by atoms with Crippen molar-refractivity contribution in [1.29, 1.82) is 0 Å². The Labute approximate surface area is 213 Å². The summed E-state index contributed by atoms with van der Waals surface area (Å²) >= 11 is 8.90. The van der Waals surface area contributed by atoms with Gasteiger partial charge in [0.05, 0.1) is 17.1 Å². The predicted molar refractivity (Wildman–Crippen MR) is 141 cm³/mol. The molecular formula is C26H17BrFN3O3S. The molecule has 4 aromatic carbocycles. The number of carbonyl (C=O) groups is 1. The number of oxazole rings is 1. The molecule has 9 heteroatoms. The summed E-state index contributed by atoms with van der Waals surface area (Å²) in [4.78, 5) is 17.5. The summed E-state index contributed by atoms with van der Waals surface area (Å²) in [5.74, 6) is -0.0654. The number of nitrogens with zero attached hydrogens (tertiary/aromatic N) is 1. The third kappa shape index (κ3) is 4.60. The number of amides is 1. The maximum atomic E-state index is 13.6. The fourth-order valence-electron chi connectivity index (χ4n) is 3.74. The summed E-state index contributed by atoms with van der Waals surface area (Å²) in [5, 5.41) is 7.60. The third-order valence-corrected chi connectivity index (χ3v) is 6.33. The van der Waals surface area contributed by atoms with Crippen molar-refractivity contribution >= 4 is 66.7 Å². The first-order chi connectivity index (χ1) is 16.9. The molecular weight excluding hydrogens is 533 g/mol. The topological polar surface area (TPSA) is 76.4 Å². The number of hydrogen-bond donors (Lipinski definition) is 2. The van der Waals surface area contributed by atoms with Crippen LogP contribution in [-0.4, -0.2) is 23.1 Å². The van der Waals surface area contributed by atoms with E-state index in [1.807, 2.05) is 24.3 Å². The molecule has 1 amide bonds. The fourth-order valence-corrected chi connectivity index (χ4v) is 4.68. The molecule has 35 heavy (non-hydrogen) atoms. The quantitative estimate of drug-likeness (QED) is 0.243. The number of carbonyl (C=O) groups excluding carboxylic acids is 1. The van der Waals surface area contributed by atoms with E-state index in [1.165, 1.54) is 19.2 Å². The van der Waals surface area contributed by atoms with Gasteiger partial charge >= 0.3 is 0 Å². The normalized spacial score (nSPS) is 10.9. The first-order valence-corrected chi connectivity index (χ1v) is 11.7. The maximum Gasteiger partial charge on any atom is 0.261 e. The Morgan fingerprint density at radius 2 is 1.91 bits per heavy atom. The smallest absolute Gasteiger partial charge is 0.261 e. The summed E-state index contributed by atoms with van der Waals surface area (Å²) in [6.07, 6.45) is 0. The Kier molecular flexibility index (Phi) is 6.19. The van der Waals surface area contributed by atoms with Crippen LogP contribution in [0.5, 0.6) is 5.75 Å². The minimum Gasteiger partial charge on any atom is -0.495 e. The summed E-state index contributed by atoms with van der Waals surface area (Å²) in [6, 6.07) is 20.6. The maximum absolute atomic E-state index is 13.6. The van der Waals surface area contributed by atoms with E-state index in [9.17, 15) is 9.18 Å². The molecule has 174 valence electrons. The van der Waals surface area contributed by atoms with Gasteiger partial charge in [-0.25, -0.2) is 9.37 Å². The molecule has 0 saturated carbocycles. The van der Waals surface area contributed by atoms with Crippen molar-refractivity contribution in [2.45, 2.75) is 0 Å². The monoisotopic (exact) mass is 549 g/mol. The number of benzene rings is 4. The lowest BCUT2D eigenvalue weighted by molar-refractivity contribution is 0.0975. The van der Waals surface area contributed by atoms with E-state index in [4.69, 9.17) is 21.4 Å². The number of ether oxygens (including phenoxy) is 1. The Balaban J connectivity index is 1.35. The molecule has 1 heterocycles. The van der Waals surface area contributed by atoms with Crippen LogP contribution in [0.4, 0.5) is 10.1 Å². The van der Waals surface area contributed by atoms with E-state index in [1.54, 1.807) is 36.4 Å². The van der Waals surface area contributed by atoms with Crippen LogP contribution in [0, 0.1) is 5.82 Å². The van der Waals surface area contributed by atoms with E-state index in [2.05, 4.69) is 31.5 Å². The van der Waals surface area contributed by atoms with Gasteiger partial charge in [0, 0.05) is 11.3 Å². The first kappa shape index (κ1) is 22.9. The van der Waals surface area contributed by atoms with E-state index >= 15 is 0 Å². The van der Waals surface area contributed by atoms with Crippen LogP contribution in [0.1, 0.15) is 10.4 Å². The van der Waals surface area contributed by atoms with Gasteiger partial charge in [0.25, 0.3) is 5.91 Å². The Morgan fingerprint density at radius 1 is 1.09 bits per heavy atom. The lowest BCUT2D eigenvalue weighted by Gasteiger charge is -2.14. The van der Waals surface area contributed by atoms with Crippen LogP contribution in [0.2, 0.25) is 0 Å². The van der Waals surface area contributed by atoms with Gasteiger partial charge in [-0.1, -0.05) is 30.3 Å². The number of halogens is 2. The molecule has 0 bridgehead atoms. The summed E-state index contributed by atoms with van der Waals surface area (Å²) in [5.41, 5.74) is 2.58. The second-order valence-electron chi connectivity index (χ2n) is 7.61. The number of rotatable bonds is 4. The third-order valence-electron chi connectivity index (χ3n) is 5.33. The lowest BCUT2D eigenvalue weighted by Crippen LogP contribution is -2.34. The molecule has 0 unspecified atom stereocenters. The van der Waals surface area contributed by atoms with E-state index in [0.29, 0.717) is 44.0 Å². The fraction of sp³-hybridized carbons (Fsp3) is 0.0385. The van der Waals surface area contributed by atoms with Gasteiger partial charge in [-0.15, -0.1) is 0 Å². The van der Waals surface area contributed by atoms with E-state index in [-0.39, 0.29) is 10.9 Å². The molecule has 0 saturated heterocycles. The van der Waals surface area contributed by atoms with Crippen LogP contribution in [0.3, 0.4) is 0 Å². The van der Waals surface area contributed by atoms with Gasteiger partial charge in [0.2, 0.25) is 5.89 Å². The van der Waals surface area contributed by atoms with Crippen molar-refractivity contribution in [3.8, 4) is 17.2 Å². The standard InChI is InChI=1S/C26H17BrFN3O3S/c1-33-23-19(12-14-5-2-3-8-18(14)22(23)27)24(32)31-26(35)29-17-9-10-21-20(13-17)30-25(34-21)15-6-4-7-16(28)11-15/h2-13H,1H3,(H2,29,31,32,35). The second-order valence-corrected chi connectivity index (χ2v) is 8.81. The number of thiocarbonyl (C=S) groups is 1. The summed E-state index contributed by atoms with van der Waals surface area (Å²) in [6.45, 7) is 0. The van der Waals surface area contributed by atoms with Crippen LogP contribution in [0.25, 0.3) is 33.3 Å². The highest BCUT2D eigenvalue weighted by atomic mass is 79.9. The number of nitrogens with one attached hydrogen (secondary N) is 2. The minimum absolute atomic E-state index is 0.106. The average molecular weight is 550 g/mol. The van der Waals surface area contributed by atoms with Crippen molar-refractivity contribution in [2.24, 2.45) is 0 Å². The van der Waals surface area contributed by atoms with Gasteiger partial charge in [0.1, 0.15) is 17.1 Å². The molecule has 0 aliphatic carbocycles. The number of methoxy groups -OCH3 is 1. The molecule has 0 fully saturated rings. The molecule has 0 atom stereocenters. The largest absolute Gasteiger partial charge is 0.495 e. The van der Waals surface area contributed by atoms with Crippen molar-refractivity contribution in [3.05, 3.63) is 88.6 Å². The van der Waals surface area contributed by atoms with E-state index < -0.39 is 5.91 Å². The van der Waals surface area contributed by atoms with Crippen LogP contribution >= 0.6 is 28.1 Å². The van der Waals surface area contributed by atoms with Crippen molar-refractivity contribution in [3.63, 3.8) is 0 Å². The zero-order valence-corrected chi connectivity index (χ0v) is 20.7. The molecule has 1 aromatic heterocycles. The molecule has 0 aliphatic heterocycles. The van der Waals surface area contributed by atoms with E-state index in [0.717, 1.165) is 10.8 Å². The zero-order chi connectivity index (χ0) is 24.5. The zero-order valence-electron chi connectivity index (χ0n) is 18.3. The molecule has 5 rings (SSSR count). The SMILES string of the molecule is COc1c(C(=O)NC(=S)Nc2ccc3oc(-c4cccc(F)c4)nc3c2)cc2ccccc2c1Br. The van der Waals surface area contributed by atoms with Crippen LogP contribution in [-0.2, 0) is 0 Å². The Morgan fingerprint density at radius 3 is 2.71 bits per heavy atom. The highest BCUT2D eigenvalue weighted by Gasteiger charge is 2.19. The molecule has 5 aromatic rings. The van der Waals surface area contributed by atoms with Crippen molar-refractivity contribution in [2.75, 3.05) is 12.4 Å². The summed E-state index contributed by atoms with van der Waals surface area (Å²) < 4.78 is 25.5. The highest BCUT2D eigenvalue weighted by Crippen LogP contribution is 2.36. The van der Waals surface area contributed by atoms with Crippen molar-refractivity contribution in [1.82, 2.24) is 10.3 Å². The number of anilines is 1. The Bertz CT molecular complexity index is 1620. The summed E-state index contributed by atoms with van der Waals surface area (Å²) in [7, 11) is 1.51. The average Bonchev–Trinajstić information content (AvgIpc) is 3.27. The molecule has 0 aliphatic rings. The molecule has 2 N–H and O–H groups in total. The number of fused-ring (bicyclic) bond motifs is 2. The van der Waals surface area contributed by atoms with Gasteiger partial charge < -0.3 is 14.5 Å². The minimum atomic E-state index is -0.415. The number of hydrogen-bond acceptors (Lipinski definition) is 5. The van der Waals surface area contributed by atoms with Crippen LogP contribution < -0.4 is 15.4 Å². The predicted octanol–water partition coefficient (Wildman–Crippen LogP) is 6.69. The van der Waals surface area contributed by atoms with Gasteiger partial charge in [-0.05, 0) is 81.4 Å². The first-order valence-electron chi connectivity index (χ1n) is 10.5. The Hall–Kier alpha value is -3.82. The van der Waals surface area contributed by atoms with Gasteiger partial charge in [-0.2, -0.15) is 0 Å². The molecule has 6 nitrogen and oxygen atoms in total.